The quantitative estimate of drug-likeness (QED) is 0.199. The fourth-order valence-corrected chi connectivity index (χ4v) is 5.23. The standard InChI is InChI=1S/C29H36F3N9O2/c1-2-20-17-21(5-6-22(20)28(42)35-9-16-43-15-7-33)37-26-27-36-18-24(41(27)12-8-34-26)23-19-40(38-25(23)29(30,31)32)14-13-39-10-3-4-11-39/h5-6,8,12,17-19H,2-4,7,9-11,13-16,33H2,1H3,(H,34,37)(H,35,42). The third kappa shape index (κ3) is 7.14. The average molecular weight is 600 g/mol. The molecule has 0 spiro atoms. The van der Waals surface area contributed by atoms with Crippen molar-refractivity contribution in [2.24, 2.45) is 5.73 Å². The molecule has 3 aromatic heterocycles. The lowest BCUT2D eigenvalue weighted by atomic mass is 10.0. The van der Waals surface area contributed by atoms with Crippen molar-refractivity contribution in [1.29, 1.82) is 0 Å². The lowest BCUT2D eigenvalue weighted by molar-refractivity contribution is -0.141. The van der Waals surface area contributed by atoms with E-state index < -0.39 is 11.9 Å². The van der Waals surface area contributed by atoms with Crippen LogP contribution in [0.15, 0.2) is 43.0 Å². The van der Waals surface area contributed by atoms with Gasteiger partial charge >= 0.3 is 6.18 Å². The Labute approximate surface area is 247 Å². The maximum Gasteiger partial charge on any atom is 0.435 e. The minimum Gasteiger partial charge on any atom is -0.378 e. The van der Waals surface area contributed by atoms with E-state index >= 15 is 0 Å². The van der Waals surface area contributed by atoms with Crippen LogP contribution in [0.1, 0.15) is 41.4 Å². The summed E-state index contributed by atoms with van der Waals surface area (Å²) in [6.07, 6.45) is 4.11. The number of carbonyl (C=O) groups excluding carboxylic acids is 1. The minimum absolute atomic E-state index is 0.0457. The van der Waals surface area contributed by atoms with E-state index in [1.165, 1.54) is 23.3 Å². The number of nitrogens with zero attached hydrogens (tertiary/aromatic N) is 6. The number of fused-ring (bicyclic) bond motifs is 1. The molecule has 5 rings (SSSR count). The first-order valence-corrected chi connectivity index (χ1v) is 14.4. The molecule has 1 fully saturated rings. The second-order valence-corrected chi connectivity index (χ2v) is 10.3. The second kappa shape index (κ2) is 13.5. The topological polar surface area (TPSA) is 128 Å². The summed E-state index contributed by atoms with van der Waals surface area (Å²) in [5.74, 6) is 0.152. The third-order valence-electron chi connectivity index (χ3n) is 7.37. The molecule has 1 aliphatic heterocycles. The number of nitrogens with one attached hydrogen (secondary N) is 2. The van der Waals surface area contributed by atoms with Gasteiger partial charge in [0.15, 0.2) is 17.2 Å². The Morgan fingerprint density at radius 1 is 1.14 bits per heavy atom. The van der Waals surface area contributed by atoms with E-state index in [4.69, 9.17) is 10.5 Å². The van der Waals surface area contributed by atoms with Crippen molar-refractivity contribution in [3.63, 3.8) is 0 Å². The van der Waals surface area contributed by atoms with Gasteiger partial charge in [-0.1, -0.05) is 6.92 Å². The van der Waals surface area contributed by atoms with Crippen LogP contribution in [-0.4, -0.2) is 80.9 Å². The molecule has 4 N–H and O–H groups in total. The zero-order valence-electron chi connectivity index (χ0n) is 24.0. The molecule has 230 valence electrons. The van der Waals surface area contributed by atoms with Gasteiger partial charge in [-0.25, -0.2) is 9.97 Å². The van der Waals surface area contributed by atoms with Gasteiger partial charge in [-0.15, -0.1) is 0 Å². The van der Waals surface area contributed by atoms with Crippen molar-refractivity contribution in [3.8, 4) is 11.3 Å². The second-order valence-electron chi connectivity index (χ2n) is 10.3. The van der Waals surface area contributed by atoms with E-state index in [-0.39, 0.29) is 17.2 Å². The van der Waals surface area contributed by atoms with Crippen LogP contribution < -0.4 is 16.4 Å². The molecular weight excluding hydrogens is 563 g/mol. The molecule has 43 heavy (non-hydrogen) atoms. The van der Waals surface area contributed by atoms with Crippen LogP contribution in [0.4, 0.5) is 24.7 Å². The van der Waals surface area contributed by atoms with Crippen LogP contribution in [0.25, 0.3) is 16.9 Å². The first-order chi connectivity index (χ1) is 20.8. The van der Waals surface area contributed by atoms with Crippen LogP contribution in [0.3, 0.4) is 0 Å². The number of nitrogens with two attached hydrogens (primary N) is 1. The highest BCUT2D eigenvalue weighted by Gasteiger charge is 2.38. The molecule has 1 aliphatic rings. The molecule has 1 aromatic carbocycles. The van der Waals surface area contributed by atoms with Crippen molar-refractivity contribution in [1.82, 2.24) is 34.4 Å². The fraction of sp³-hybridized carbons (Fsp3) is 0.448. The number of imidazole rings is 1. The van der Waals surface area contributed by atoms with E-state index in [1.807, 2.05) is 13.0 Å². The Kier molecular flexibility index (Phi) is 9.58. The molecule has 1 amide bonds. The van der Waals surface area contributed by atoms with Gasteiger partial charge < -0.3 is 26.0 Å². The minimum atomic E-state index is -4.63. The highest BCUT2D eigenvalue weighted by molar-refractivity contribution is 5.96. The highest BCUT2D eigenvalue weighted by atomic mass is 19.4. The van der Waals surface area contributed by atoms with Crippen molar-refractivity contribution in [3.05, 3.63) is 59.8 Å². The molecule has 0 saturated carbocycles. The molecular formula is C29H36F3N9O2. The molecule has 11 nitrogen and oxygen atoms in total. The van der Waals surface area contributed by atoms with Crippen LogP contribution in [-0.2, 0) is 23.9 Å². The number of benzene rings is 1. The highest BCUT2D eigenvalue weighted by Crippen LogP contribution is 2.37. The van der Waals surface area contributed by atoms with Crippen LogP contribution in [0.2, 0.25) is 0 Å². The van der Waals surface area contributed by atoms with Crippen molar-refractivity contribution >= 4 is 23.1 Å². The zero-order chi connectivity index (χ0) is 30.4. The Balaban J connectivity index is 1.37. The summed E-state index contributed by atoms with van der Waals surface area (Å²) in [6, 6.07) is 5.32. The van der Waals surface area contributed by atoms with Crippen LogP contribution >= 0.6 is 0 Å². The first-order valence-electron chi connectivity index (χ1n) is 14.4. The number of rotatable bonds is 13. The van der Waals surface area contributed by atoms with E-state index in [0.717, 1.165) is 31.5 Å². The number of halogens is 3. The summed E-state index contributed by atoms with van der Waals surface area (Å²) in [5, 5.41) is 9.97. The van der Waals surface area contributed by atoms with Gasteiger partial charge in [0.05, 0.1) is 37.2 Å². The number of likely N-dealkylation sites (tertiary alicyclic amines) is 1. The SMILES string of the molecule is CCc1cc(Nc2nccn3c(-c4cn(CCN5CCCC5)nc4C(F)(F)F)cnc23)ccc1C(=O)NCCOCCN. The molecule has 0 bridgehead atoms. The van der Waals surface area contributed by atoms with E-state index in [1.54, 1.807) is 22.7 Å². The molecule has 0 atom stereocenters. The van der Waals surface area contributed by atoms with E-state index in [2.05, 4.69) is 30.6 Å². The Morgan fingerprint density at radius 2 is 1.95 bits per heavy atom. The molecule has 0 aliphatic carbocycles. The van der Waals surface area contributed by atoms with Gasteiger partial charge in [0.1, 0.15) is 0 Å². The molecule has 4 heterocycles. The number of aromatic nitrogens is 5. The van der Waals surface area contributed by atoms with Gasteiger partial charge in [-0.3, -0.25) is 13.9 Å². The predicted molar refractivity (Wildman–Crippen MR) is 156 cm³/mol. The predicted octanol–water partition coefficient (Wildman–Crippen LogP) is 3.72. The largest absolute Gasteiger partial charge is 0.435 e. The molecule has 0 unspecified atom stereocenters. The Morgan fingerprint density at radius 3 is 2.70 bits per heavy atom. The van der Waals surface area contributed by atoms with Crippen molar-refractivity contribution in [2.75, 3.05) is 51.3 Å². The molecule has 1 saturated heterocycles. The first kappa shape index (κ1) is 30.4. The van der Waals surface area contributed by atoms with E-state index in [9.17, 15) is 18.0 Å². The van der Waals surface area contributed by atoms with Crippen LogP contribution in [0, 0.1) is 0 Å². The van der Waals surface area contributed by atoms with Crippen molar-refractivity contribution < 1.29 is 22.7 Å². The molecule has 14 heteroatoms. The third-order valence-corrected chi connectivity index (χ3v) is 7.37. The lowest BCUT2D eigenvalue weighted by Gasteiger charge is -2.13. The van der Waals surface area contributed by atoms with Gasteiger partial charge in [-0.05, 0) is 56.1 Å². The number of ether oxygens (including phenoxy) is 1. The Bertz CT molecular complexity index is 1540. The van der Waals surface area contributed by atoms with Crippen LogP contribution in [0.5, 0.6) is 0 Å². The maximum absolute atomic E-state index is 14.1. The van der Waals surface area contributed by atoms with Gasteiger partial charge in [0.2, 0.25) is 0 Å². The van der Waals surface area contributed by atoms with Crippen molar-refractivity contribution in [2.45, 2.75) is 38.9 Å². The Hall–Kier alpha value is -4.01. The number of carbonyl (C=O) groups is 1. The number of aryl methyl sites for hydroxylation is 1. The fourth-order valence-electron chi connectivity index (χ4n) is 5.23. The maximum atomic E-state index is 14.1. The number of hydrogen-bond acceptors (Lipinski definition) is 8. The summed E-state index contributed by atoms with van der Waals surface area (Å²) >= 11 is 0. The number of hydrogen-bond donors (Lipinski definition) is 3. The summed E-state index contributed by atoms with van der Waals surface area (Å²) in [4.78, 5) is 23.8. The van der Waals surface area contributed by atoms with Gasteiger partial charge in [0, 0.05) is 49.5 Å². The summed E-state index contributed by atoms with van der Waals surface area (Å²) in [7, 11) is 0. The number of alkyl halides is 3. The molecule has 4 aromatic rings. The van der Waals surface area contributed by atoms with E-state index in [0.29, 0.717) is 68.5 Å². The zero-order valence-corrected chi connectivity index (χ0v) is 24.0. The average Bonchev–Trinajstić information content (AvgIpc) is 3.75. The number of anilines is 2. The van der Waals surface area contributed by atoms with Gasteiger partial charge in [0.25, 0.3) is 5.91 Å². The summed E-state index contributed by atoms with van der Waals surface area (Å²) in [6.45, 7) is 6.46. The monoisotopic (exact) mass is 599 g/mol. The molecule has 0 radical (unpaired) electrons. The normalized spacial score (nSPS) is 14.1. The summed E-state index contributed by atoms with van der Waals surface area (Å²) in [5.41, 5.74) is 7.05. The summed E-state index contributed by atoms with van der Waals surface area (Å²) < 4.78 is 50.4. The smallest absolute Gasteiger partial charge is 0.378 e. The van der Waals surface area contributed by atoms with Gasteiger partial charge in [-0.2, -0.15) is 18.3 Å². The lowest BCUT2D eigenvalue weighted by Crippen LogP contribution is -2.28. The number of amides is 1.